The van der Waals surface area contributed by atoms with Gasteiger partial charge in [-0.25, -0.2) is 13.1 Å². The molecule has 6 heteroatoms. The highest BCUT2D eigenvalue weighted by atomic mass is 32.2. The van der Waals surface area contributed by atoms with Crippen molar-refractivity contribution in [3.05, 3.63) is 29.8 Å². The summed E-state index contributed by atoms with van der Waals surface area (Å²) in [5.41, 5.74) is 6.40. The minimum Gasteiger partial charge on any atom is -0.393 e. The summed E-state index contributed by atoms with van der Waals surface area (Å²) in [4.78, 5) is 0.696. The molecule has 1 aliphatic carbocycles. The molecule has 110 valence electrons. The van der Waals surface area contributed by atoms with Gasteiger partial charge in [-0.05, 0) is 36.5 Å². The standard InChI is InChI=1S/C14H20N2O2S2/c1-10-3-2-4-13(10)16-20(17,18)12-7-5-11(6-8-12)9-14(15)19/h5-8,10,13,16H,2-4,9H2,1H3,(H2,15,19). The average Bonchev–Trinajstić information content (AvgIpc) is 2.74. The molecule has 20 heavy (non-hydrogen) atoms. The molecule has 4 nitrogen and oxygen atoms in total. The molecule has 1 fully saturated rings. The highest BCUT2D eigenvalue weighted by Crippen LogP contribution is 2.26. The monoisotopic (exact) mass is 312 g/mol. The van der Waals surface area contributed by atoms with Gasteiger partial charge in [0.15, 0.2) is 0 Å². The third kappa shape index (κ3) is 3.77. The summed E-state index contributed by atoms with van der Waals surface area (Å²) in [5, 5.41) is 0. The number of hydrogen-bond donors (Lipinski definition) is 2. The molecule has 0 saturated heterocycles. The van der Waals surface area contributed by atoms with Crippen LogP contribution in [0.25, 0.3) is 0 Å². The quantitative estimate of drug-likeness (QED) is 0.816. The highest BCUT2D eigenvalue weighted by Gasteiger charge is 2.28. The fourth-order valence-electron chi connectivity index (χ4n) is 2.58. The van der Waals surface area contributed by atoms with Gasteiger partial charge < -0.3 is 5.73 Å². The highest BCUT2D eigenvalue weighted by molar-refractivity contribution is 7.89. The van der Waals surface area contributed by atoms with Crippen molar-refractivity contribution in [1.82, 2.24) is 4.72 Å². The molecule has 0 aromatic heterocycles. The minimum atomic E-state index is -3.44. The van der Waals surface area contributed by atoms with E-state index in [1.54, 1.807) is 24.3 Å². The van der Waals surface area contributed by atoms with Crippen LogP contribution in [0, 0.1) is 5.92 Å². The maximum atomic E-state index is 12.3. The molecule has 0 aliphatic heterocycles. The number of hydrogen-bond acceptors (Lipinski definition) is 3. The average molecular weight is 312 g/mol. The predicted molar refractivity (Wildman–Crippen MR) is 84.1 cm³/mol. The molecule has 2 unspecified atom stereocenters. The lowest BCUT2D eigenvalue weighted by atomic mass is 10.1. The van der Waals surface area contributed by atoms with Gasteiger partial charge in [-0.2, -0.15) is 0 Å². The van der Waals surface area contributed by atoms with E-state index in [1.807, 2.05) is 0 Å². The minimum absolute atomic E-state index is 0.0521. The van der Waals surface area contributed by atoms with E-state index in [0.717, 1.165) is 24.8 Å². The van der Waals surface area contributed by atoms with E-state index in [1.165, 1.54) is 0 Å². The van der Waals surface area contributed by atoms with Crippen molar-refractivity contribution in [3.8, 4) is 0 Å². The summed E-state index contributed by atoms with van der Waals surface area (Å²) in [5.74, 6) is 0.402. The first-order valence-corrected chi connectivity index (χ1v) is 8.67. The lowest BCUT2D eigenvalue weighted by Gasteiger charge is -2.17. The molecule has 2 atom stereocenters. The van der Waals surface area contributed by atoms with Gasteiger partial charge in [0.1, 0.15) is 0 Å². The third-order valence-electron chi connectivity index (χ3n) is 3.78. The van der Waals surface area contributed by atoms with Crippen LogP contribution in [0.15, 0.2) is 29.2 Å². The van der Waals surface area contributed by atoms with Crippen molar-refractivity contribution in [1.29, 1.82) is 0 Å². The first-order chi connectivity index (χ1) is 9.38. The first kappa shape index (κ1) is 15.4. The van der Waals surface area contributed by atoms with Gasteiger partial charge >= 0.3 is 0 Å². The zero-order chi connectivity index (χ0) is 14.8. The van der Waals surface area contributed by atoms with Crippen molar-refractivity contribution in [3.63, 3.8) is 0 Å². The van der Waals surface area contributed by atoms with Crippen LogP contribution < -0.4 is 10.5 Å². The summed E-state index contributed by atoms with van der Waals surface area (Å²) >= 11 is 4.84. The fourth-order valence-corrected chi connectivity index (χ4v) is 4.12. The Morgan fingerprint density at radius 1 is 1.35 bits per heavy atom. The lowest BCUT2D eigenvalue weighted by molar-refractivity contribution is 0.476. The molecule has 3 N–H and O–H groups in total. The molecule has 0 radical (unpaired) electrons. The van der Waals surface area contributed by atoms with Crippen LogP contribution in [0.1, 0.15) is 31.7 Å². The molecule has 2 rings (SSSR count). The number of benzene rings is 1. The molecule has 0 bridgehead atoms. The SMILES string of the molecule is CC1CCCC1NS(=O)(=O)c1ccc(CC(N)=S)cc1. The molecular weight excluding hydrogens is 292 g/mol. The Morgan fingerprint density at radius 3 is 2.50 bits per heavy atom. The Balaban J connectivity index is 2.11. The molecule has 0 amide bonds. The molecule has 0 heterocycles. The maximum Gasteiger partial charge on any atom is 0.240 e. The van der Waals surface area contributed by atoms with Crippen molar-refractivity contribution in [2.24, 2.45) is 11.7 Å². The van der Waals surface area contributed by atoms with Crippen LogP contribution in [0.2, 0.25) is 0 Å². The van der Waals surface area contributed by atoms with Crippen molar-refractivity contribution in [2.45, 2.75) is 43.5 Å². The molecule has 1 aliphatic rings. The largest absolute Gasteiger partial charge is 0.393 e. The smallest absolute Gasteiger partial charge is 0.240 e. The van der Waals surface area contributed by atoms with Crippen LogP contribution in [0.5, 0.6) is 0 Å². The summed E-state index contributed by atoms with van der Waals surface area (Å²) < 4.78 is 27.4. The zero-order valence-corrected chi connectivity index (χ0v) is 13.1. The second-order valence-corrected chi connectivity index (χ2v) is 7.66. The Hall–Kier alpha value is -0.980. The van der Waals surface area contributed by atoms with E-state index >= 15 is 0 Å². The van der Waals surface area contributed by atoms with E-state index in [4.69, 9.17) is 18.0 Å². The summed E-state index contributed by atoms with van der Waals surface area (Å²) in [6, 6.07) is 6.78. The number of sulfonamides is 1. The number of nitrogens with one attached hydrogen (secondary N) is 1. The first-order valence-electron chi connectivity index (χ1n) is 6.78. The molecule has 1 aromatic carbocycles. The van der Waals surface area contributed by atoms with E-state index in [-0.39, 0.29) is 6.04 Å². The molecular formula is C14H20N2O2S2. The van der Waals surface area contributed by atoms with Gasteiger partial charge in [0.2, 0.25) is 10.0 Å². The van der Waals surface area contributed by atoms with E-state index in [9.17, 15) is 8.42 Å². The van der Waals surface area contributed by atoms with Crippen molar-refractivity contribution in [2.75, 3.05) is 0 Å². The van der Waals surface area contributed by atoms with Crippen LogP contribution in [0.3, 0.4) is 0 Å². The van der Waals surface area contributed by atoms with Crippen LogP contribution >= 0.6 is 12.2 Å². The Kier molecular flexibility index (Phi) is 4.78. The van der Waals surface area contributed by atoms with Crippen LogP contribution in [-0.2, 0) is 16.4 Å². The number of thiocarbonyl (C=S) groups is 1. The third-order valence-corrected chi connectivity index (χ3v) is 5.43. The molecule has 1 saturated carbocycles. The number of nitrogens with two attached hydrogens (primary N) is 1. The lowest BCUT2D eigenvalue weighted by Crippen LogP contribution is -2.36. The summed E-state index contributed by atoms with van der Waals surface area (Å²) in [6.45, 7) is 2.09. The van der Waals surface area contributed by atoms with Crippen molar-refractivity contribution < 1.29 is 8.42 Å². The topological polar surface area (TPSA) is 72.2 Å². The zero-order valence-electron chi connectivity index (χ0n) is 11.5. The van der Waals surface area contributed by atoms with Gasteiger partial charge in [0, 0.05) is 12.5 Å². The fraction of sp³-hybridized carbons (Fsp3) is 0.500. The normalized spacial score (nSPS) is 22.9. The van der Waals surface area contributed by atoms with Crippen LogP contribution in [0.4, 0.5) is 0 Å². The summed E-state index contributed by atoms with van der Waals surface area (Å²) in [7, 11) is -3.44. The van der Waals surface area contributed by atoms with Gasteiger partial charge in [0.05, 0.1) is 9.88 Å². The Bertz CT molecular complexity index is 582. The van der Waals surface area contributed by atoms with E-state index < -0.39 is 10.0 Å². The van der Waals surface area contributed by atoms with Gasteiger partial charge in [-0.1, -0.05) is 37.7 Å². The Labute approximate surface area is 125 Å². The van der Waals surface area contributed by atoms with Crippen molar-refractivity contribution >= 4 is 27.2 Å². The van der Waals surface area contributed by atoms with E-state index in [0.29, 0.717) is 22.2 Å². The Morgan fingerprint density at radius 2 is 2.00 bits per heavy atom. The van der Waals surface area contributed by atoms with Gasteiger partial charge in [0.25, 0.3) is 0 Å². The van der Waals surface area contributed by atoms with E-state index in [2.05, 4.69) is 11.6 Å². The maximum absolute atomic E-state index is 12.3. The van der Waals surface area contributed by atoms with Gasteiger partial charge in [-0.3, -0.25) is 0 Å². The predicted octanol–water partition coefficient (Wildman–Crippen LogP) is 1.98. The second-order valence-electron chi connectivity index (χ2n) is 5.42. The second kappa shape index (κ2) is 6.20. The van der Waals surface area contributed by atoms with Crippen LogP contribution in [-0.4, -0.2) is 19.4 Å². The molecule has 1 aromatic rings. The summed E-state index contributed by atoms with van der Waals surface area (Å²) in [6.07, 6.45) is 3.57. The van der Waals surface area contributed by atoms with Gasteiger partial charge in [-0.15, -0.1) is 0 Å². The molecule has 0 spiro atoms. The number of rotatable bonds is 5.